The number of hydrogen-bond acceptors (Lipinski definition) is 6. The molecule has 11 heteroatoms. The zero-order chi connectivity index (χ0) is 23.0. The summed E-state index contributed by atoms with van der Waals surface area (Å²) < 4.78 is 50.9. The molecule has 0 unspecified atom stereocenters. The Labute approximate surface area is 177 Å². The normalized spacial score (nSPS) is 12.6. The number of amides is 1. The van der Waals surface area contributed by atoms with E-state index in [1.54, 1.807) is 30.1 Å². The van der Waals surface area contributed by atoms with Gasteiger partial charge in [-0.05, 0) is 58.7 Å². The molecule has 2 aromatic heterocycles. The van der Waals surface area contributed by atoms with Crippen molar-refractivity contribution < 1.29 is 27.3 Å². The molecule has 0 bridgehead atoms. The number of nitrogens with zero attached hydrogens (tertiary/aromatic N) is 2. The summed E-state index contributed by atoms with van der Waals surface area (Å²) in [5.41, 5.74) is 3.75. The van der Waals surface area contributed by atoms with Gasteiger partial charge in [-0.25, -0.2) is 4.63 Å². The topological polar surface area (TPSA) is 124 Å². The average molecular weight is 444 g/mol. The van der Waals surface area contributed by atoms with E-state index < -0.39 is 35.0 Å². The Balaban J connectivity index is 1.64. The van der Waals surface area contributed by atoms with Crippen LogP contribution in [0.15, 0.2) is 58.0 Å². The Kier molecular flexibility index (Phi) is 5.17. The number of hydrogen-bond donors (Lipinski definition) is 2. The van der Waals surface area contributed by atoms with Crippen molar-refractivity contribution in [3.8, 4) is 16.9 Å². The van der Waals surface area contributed by atoms with E-state index in [4.69, 9.17) is 10.5 Å². The molecule has 0 aliphatic carbocycles. The molecule has 0 radical (unpaired) electrons. The van der Waals surface area contributed by atoms with Gasteiger partial charge in [0.2, 0.25) is 0 Å². The maximum absolute atomic E-state index is 13.4. The molecule has 0 saturated carbocycles. The number of aromatic nitrogens is 3. The fourth-order valence-corrected chi connectivity index (χ4v) is 3.20. The van der Waals surface area contributed by atoms with Crippen LogP contribution in [0.2, 0.25) is 0 Å². The highest BCUT2D eigenvalue weighted by molar-refractivity contribution is 5.94. The number of carbonyl (C=O) groups excluding carboxylic acids is 1. The van der Waals surface area contributed by atoms with Crippen LogP contribution >= 0.6 is 0 Å². The van der Waals surface area contributed by atoms with Gasteiger partial charge in [0.05, 0.1) is 0 Å². The van der Waals surface area contributed by atoms with Crippen molar-refractivity contribution in [3.05, 3.63) is 75.7 Å². The number of aromatic amines is 1. The van der Waals surface area contributed by atoms with Gasteiger partial charge in [-0.3, -0.25) is 9.59 Å². The number of carbonyl (C=O) groups is 1. The SMILES string of the molecule is C[C@@H](Oc1ccc(-c2cc(C(N)=O)c(=O)[nH]c2C(F)(F)F)cc1)c1ccc2nonc2c1. The molecule has 0 spiro atoms. The van der Waals surface area contributed by atoms with Crippen LogP contribution in [0.5, 0.6) is 5.75 Å². The van der Waals surface area contributed by atoms with Crippen LogP contribution in [0.3, 0.4) is 0 Å². The molecule has 0 aliphatic rings. The highest BCUT2D eigenvalue weighted by atomic mass is 19.4. The minimum Gasteiger partial charge on any atom is -0.486 e. The summed E-state index contributed by atoms with van der Waals surface area (Å²) in [4.78, 5) is 24.9. The molecular formula is C21H15F3N4O4. The summed E-state index contributed by atoms with van der Waals surface area (Å²) in [5, 5.41) is 7.51. The van der Waals surface area contributed by atoms with Crippen molar-refractivity contribution in [2.24, 2.45) is 5.73 Å². The molecule has 2 aromatic carbocycles. The first kappa shape index (κ1) is 21.1. The Morgan fingerprint density at radius 1 is 1.09 bits per heavy atom. The molecule has 4 rings (SSSR count). The van der Waals surface area contributed by atoms with Gasteiger partial charge in [0.15, 0.2) is 0 Å². The average Bonchev–Trinajstić information content (AvgIpc) is 3.21. The lowest BCUT2D eigenvalue weighted by Gasteiger charge is -2.16. The summed E-state index contributed by atoms with van der Waals surface area (Å²) >= 11 is 0. The van der Waals surface area contributed by atoms with E-state index in [2.05, 4.69) is 14.9 Å². The van der Waals surface area contributed by atoms with Gasteiger partial charge in [-0.2, -0.15) is 13.2 Å². The van der Waals surface area contributed by atoms with Gasteiger partial charge in [-0.15, -0.1) is 0 Å². The monoisotopic (exact) mass is 444 g/mol. The smallest absolute Gasteiger partial charge is 0.431 e. The molecule has 1 amide bonds. The third-order valence-corrected chi connectivity index (χ3v) is 4.82. The van der Waals surface area contributed by atoms with Crippen LogP contribution in [0.4, 0.5) is 13.2 Å². The van der Waals surface area contributed by atoms with E-state index in [9.17, 15) is 22.8 Å². The van der Waals surface area contributed by atoms with Gasteiger partial charge in [0.1, 0.15) is 34.1 Å². The van der Waals surface area contributed by atoms with E-state index in [-0.39, 0.29) is 11.1 Å². The molecule has 2 heterocycles. The van der Waals surface area contributed by atoms with Crippen LogP contribution in [-0.2, 0) is 6.18 Å². The van der Waals surface area contributed by atoms with Gasteiger partial charge < -0.3 is 15.5 Å². The summed E-state index contributed by atoms with van der Waals surface area (Å²) in [6, 6.07) is 11.9. The molecule has 1 atom stereocenters. The number of pyridine rings is 1. The zero-order valence-corrected chi connectivity index (χ0v) is 16.4. The first-order valence-corrected chi connectivity index (χ1v) is 9.27. The standard InChI is InChI=1S/C21H15F3N4O4/c1-10(12-4-7-16-17(8-12)28-32-27-16)31-13-5-2-11(3-6-13)14-9-15(19(25)29)20(30)26-18(14)21(22,23)24/h2-10H,1H3,(H2,25,29)(H,26,30)/t10-/m1/s1. The van der Waals surface area contributed by atoms with Crippen LogP contribution in [-0.4, -0.2) is 21.2 Å². The van der Waals surface area contributed by atoms with Crippen molar-refractivity contribution >= 4 is 16.9 Å². The van der Waals surface area contributed by atoms with E-state index in [0.29, 0.717) is 16.8 Å². The highest BCUT2D eigenvalue weighted by Crippen LogP contribution is 2.36. The molecule has 32 heavy (non-hydrogen) atoms. The van der Waals surface area contributed by atoms with Gasteiger partial charge in [-0.1, -0.05) is 18.2 Å². The summed E-state index contributed by atoms with van der Waals surface area (Å²) in [5.74, 6) is -0.734. The van der Waals surface area contributed by atoms with E-state index in [0.717, 1.165) is 11.6 Å². The minimum absolute atomic E-state index is 0.117. The maximum atomic E-state index is 13.4. The fraction of sp³-hybridized carbons (Fsp3) is 0.143. The zero-order valence-electron chi connectivity index (χ0n) is 16.4. The van der Waals surface area contributed by atoms with Gasteiger partial charge in [0, 0.05) is 5.56 Å². The van der Waals surface area contributed by atoms with Crippen molar-refractivity contribution in [1.82, 2.24) is 15.3 Å². The first-order chi connectivity index (χ1) is 15.1. The second kappa shape index (κ2) is 7.84. The van der Waals surface area contributed by atoms with E-state index in [1.165, 1.54) is 24.3 Å². The quantitative estimate of drug-likeness (QED) is 0.482. The molecule has 8 nitrogen and oxygen atoms in total. The minimum atomic E-state index is -4.84. The fourth-order valence-electron chi connectivity index (χ4n) is 3.20. The molecule has 0 aliphatic heterocycles. The predicted octanol–water partition coefficient (Wildman–Crippen LogP) is 3.84. The maximum Gasteiger partial charge on any atom is 0.431 e. The second-order valence-corrected chi connectivity index (χ2v) is 6.96. The number of primary amides is 1. The van der Waals surface area contributed by atoms with E-state index in [1.807, 2.05) is 0 Å². The number of nitrogens with two attached hydrogens (primary N) is 1. The van der Waals surface area contributed by atoms with Crippen LogP contribution in [0, 0.1) is 0 Å². The van der Waals surface area contributed by atoms with Crippen molar-refractivity contribution in [2.75, 3.05) is 0 Å². The summed E-state index contributed by atoms with van der Waals surface area (Å²) in [6.45, 7) is 1.80. The molecule has 164 valence electrons. The molecule has 0 saturated heterocycles. The molecule has 3 N–H and O–H groups in total. The molecule has 0 fully saturated rings. The van der Waals surface area contributed by atoms with Crippen LogP contribution < -0.4 is 16.0 Å². The molecular weight excluding hydrogens is 429 g/mol. The number of ether oxygens (including phenoxy) is 1. The van der Waals surface area contributed by atoms with Crippen molar-refractivity contribution in [2.45, 2.75) is 19.2 Å². The van der Waals surface area contributed by atoms with Crippen LogP contribution in [0.1, 0.15) is 34.6 Å². The van der Waals surface area contributed by atoms with Crippen LogP contribution in [0.25, 0.3) is 22.2 Å². The highest BCUT2D eigenvalue weighted by Gasteiger charge is 2.36. The number of fused-ring (bicyclic) bond motifs is 1. The first-order valence-electron chi connectivity index (χ1n) is 9.27. The Morgan fingerprint density at radius 2 is 1.78 bits per heavy atom. The van der Waals surface area contributed by atoms with Gasteiger partial charge >= 0.3 is 6.18 Å². The lowest BCUT2D eigenvalue weighted by molar-refractivity contribution is -0.140. The third kappa shape index (κ3) is 4.04. The predicted molar refractivity (Wildman–Crippen MR) is 107 cm³/mol. The third-order valence-electron chi connectivity index (χ3n) is 4.82. The van der Waals surface area contributed by atoms with E-state index >= 15 is 0 Å². The Morgan fingerprint density at radius 3 is 2.44 bits per heavy atom. The number of benzene rings is 2. The number of alkyl halides is 3. The number of rotatable bonds is 5. The van der Waals surface area contributed by atoms with Crippen molar-refractivity contribution in [1.29, 1.82) is 0 Å². The summed E-state index contributed by atoms with van der Waals surface area (Å²) in [6.07, 6.45) is -5.24. The number of nitrogens with one attached hydrogen (secondary N) is 1. The number of H-pyrrole nitrogens is 1. The number of halogens is 3. The molecule has 4 aromatic rings. The Hall–Kier alpha value is -4.15. The lowest BCUT2D eigenvalue weighted by atomic mass is 10.0. The van der Waals surface area contributed by atoms with Gasteiger partial charge in [0.25, 0.3) is 11.5 Å². The lowest BCUT2D eigenvalue weighted by Crippen LogP contribution is -2.27. The largest absolute Gasteiger partial charge is 0.486 e. The van der Waals surface area contributed by atoms with Crippen molar-refractivity contribution in [3.63, 3.8) is 0 Å². The summed E-state index contributed by atoms with van der Waals surface area (Å²) in [7, 11) is 0. The second-order valence-electron chi connectivity index (χ2n) is 6.96. The Bertz CT molecular complexity index is 1360.